The second-order valence-electron chi connectivity index (χ2n) is 5.94. The summed E-state index contributed by atoms with van der Waals surface area (Å²) in [6, 6.07) is 5.46. The number of carbonyl (C=O) groups excluding carboxylic acids is 1. The molecule has 1 aliphatic heterocycles. The Balaban J connectivity index is 2.21. The van der Waals surface area contributed by atoms with Crippen LogP contribution in [0.1, 0.15) is 29.6 Å². The Morgan fingerprint density at radius 3 is 2.90 bits per heavy atom. The predicted molar refractivity (Wildman–Crippen MR) is 85.5 cm³/mol. The largest absolute Gasteiger partial charge is 0.399 e. The fourth-order valence-electron chi connectivity index (χ4n) is 2.95. The Labute approximate surface area is 126 Å². The first-order chi connectivity index (χ1) is 10.0. The molecule has 116 valence electrons. The quantitative estimate of drug-likeness (QED) is 0.826. The number of nitrogens with zero attached hydrogens (tertiary/aromatic N) is 2. The van der Waals surface area contributed by atoms with Crippen molar-refractivity contribution in [1.82, 2.24) is 4.90 Å². The SMILES string of the molecule is CN(C)c1ccc(N)cc1C(=O)N1CCCC(CCO)C1. The number of amides is 1. The molecule has 0 aliphatic carbocycles. The zero-order valence-corrected chi connectivity index (χ0v) is 12.9. The second kappa shape index (κ2) is 6.80. The summed E-state index contributed by atoms with van der Waals surface area (Å²) in [5.41, 5.74) is 8.00. The van der Waals surface area contributed by atoms with Crippen LogP contribution in [0.15, 0.2) is 18.2 Å². The van der Waals surface area contributed by atoms with Crippen molar-refractivity contribution in [2.75, 3.05) is 44.4 Å². The molecule has 1 heterocycles. The van der Waals surface area contributed by atoms with E-state index in [1.807, 2.05) is 36.0 Å². The summed E-state index contributed by atoms with van der Waals surface area (Å²) in [5, 5.41) is 9.09. The first-order valence-corrected chi connectivity index (χ1v) is 7.50. The average Bonchev–Trinajstić information content (AvgIpc) is 2.46. The van der Waals surface area contributed by atoms with E-state index in [1.54, 1.807) is 6.07 Å². The number of hydrogen-bond acceptors (Lipinski definition) is 4. The van der Waals surface area contributed by atoms with Crippen molar-refractivity contribution in [3.05, 3.63) is 23.8 Å². The summed E-state index contributed by atoms with van der Waals surface area (Å²) in [4.78, 5) is 16.6. The topological polar surface area (TPSA) is 69.8 Å². The van der Waals surface area contributed by atoms with E-state index < -0.39 is 0 Å². The van der Waals surface area contributed by atoms with E-state index >= 15 is 0 Å². The minimum absolute atomic E-state index is 0.0358. The maximum Gasteiger partial charge on any atom is 0.256 e. The van der Waals surface area contributed by atoms with E-state index in [1.165, 1.54) is 0 Å². The third-order valence-electron chi connectivity index (χ3n) is 4.08. The van der Waals surface area contributed by atoms with Gasteiger partial charge in [-0.1, -0.05) is 0 Å². The summed E-state index contributed by atoms with van der Waals surface area (Å²) in [5.74, 6) is 0.435. The average molecular weight is 291 g/mol. The molecule has 3 N–H and O–H groups in total. The van der Waals surface area contributed by atoms with Crippen molar-refractivity contribution >= 4 is 17.3 Å². The van der Waals surface area contributed by atoms with Crippen LogP contribution in [0.2, 0.25) is 0 Å². The van der Waals surface area contributed by atoms with Gasteiger partial charge in [-0.15, -0.1) is 0 Å². The summed E-state index contributed by atoms with van der Waals surface area (Å²) in [6.45, 7) is 1.69. The number of carbonyl (C=O) groups is 1. The summed E-state index contributed by atoms with van der Waals surface area (Å²) in [7, 11) is 3.85. The maximum atomic E-state index is 12.8. The van der Waals surface area contributed by atoms with E-state index in [2.05, 4.69) is 0 Å². The smallest absolute Gasteiger partial charge is 0.256 e. The number of piperidine rings is 1. The lowest BCUT2D eigenvalue weighted by Gasteiger charge is -2.33. The van der Waals surface area contributed by atoms with Crippen LogP contribution in [0.3, 0.4) is 0 Å². The number of nitrogens with two attached hydrogens (primary N) is 1. The molecule has 1 saturated heterocycles. The van der Waals surface area contributed by atoms with Gasteiger partial charge in [-0.3, -0.25) is 4.79 Å². The molecule has 2 rings (SSSR count). The molecule has 1 fully saturated rings. The number of aliphatic hydroxyl groups is 1. The number of likely N-dealkylation sites (tertiary alicyclic amines) is 1. The van der Waals surface area contributed by atoms with Gasteiger partial charge in [0.2, 0.25) is 0 Å². The van der Waals surface area contributed by atoms with Crippen molar-refractivity contribution in [2.24, 2.45) is 5.92 Å². The Bertz CT molecular complexity index is 500. The fourth-order valence-corrected chi connectivity index (χ4v) is 2.95. The molecule has 0 aromatic heterocycles. The van der Waals surface area contributed by atoms with Crippen LogP contribution < -0.4 is 10.6 Å². The highest BCUT2D eigenvalue weighted by molar-refractivity contribution is 6.00. The minimum Gasteiger partial charge on any atom is -0.399 e. The standard InChI is InChI=1S/C16H25N3O2/c1-18(2)15-6-5-13(17)10-14(15)16(21)19-8-3-4-12(11-19)7-9-20/h5-6,10,12,20H,3-4,7-9,11,17H2,1-2H3. The minimum atomic E-state index is 0.0358. The number of benzene rings is 1. The molecule has 0 bridgehead atoms. The van der Waals surface area contributed by atoms with Gasteiger partial charge in [0.25, 0.3) is 5.91 Å². The molecule has 1 aromatic rings. The molecule has 0 spiro atoms. The summed E-state index contributed by atoms with van der Waals surface area (Å²) in [6.07, 6.45) is 2.85. The molecule has 5 heteroatoms. The normalized spacial score (nSPS) is 18.6. The van der Waals surface area contributed by atoms with Gasteiger partial charge >= 0.3 is 0 Å². The van der Waals surface area contributed by atoms with Gasteiger partial charge in [0, 0.05) is 45.2 Å². The molecular weight excluding hydrogens is 266 g/mol. The number of anilines is 2. The monoisotopic (exact) mass is 291 g/mol. The van der Waals surface area contributed by atoms with Gasteiger partial charge < -0.3 is 20.6 Å². The van der Waals surface area contributed by atoms with Crippen molar-refractivity contribution in [1.29, 1.82) is 0 Å². The highest BCUT2D eigenvalue weighted by Gasteiger charge is 2.26. The molecular formula is C16H25N3O2. The summed E-state index contributed by atoms with van der Waals surface area (Å²) >= 11 is 0. The van der Waals surface area contributed by atoms with Crippen LogP contribution >= 0.6 is 0 Å². The Hall–Kier alpha value is -1.75. The molecule has 1 amide bonds. The van der Waals surface area contributed by atoms with Crippen LogP contribution in [0.4, 0.5) is 11.4 Å². The summed E-state index contributed by atoms with van der Waals surface area (Å²) < 4.78 is 0. The van der Waals surface area contributed by atoms with E-state index in [-0.39, 0.29) is 12.5 Å². The number of aliphatic hydroxyl groups excluding tert-OH is 1. The van der Waals surface area contributed by atoms with Gasteiger partial charge in [-0.2, -0.15) is 0 Å². The second-order valence-corrected chi connectivity index (χ2v) is 5.94. The lowest BCUT2D eigenvalue weighted by atomic mass is 9.94. The van der Waals surface area contributed by atoms with Crippen molar-refractivity contribution < 1.29 is 9.90 Å². The molecule has 1 atom stereocenters. The lowest BCUT2D eigenvalue weighted by Crippen LogP contribution is -2.40. The lowest BCUT2D eigenvalue weighted by molar-refractivity contribution is 0.0654. The molecule has 1 aromatic carbocycles. The first kappa shape index (κ1) is 15.6. The number of nitrogen functional groups attached to an aromatic ring is 1. The zero-order chi connectivity index (χ0) is 15.4. The molecule has 0 radical (unpaired) electrons. The van der Waals surface area contributed by atoms with Gasteiger partial charge in [0.1, 0.15) is 0 Å². The van der Waals surface area contributed by atoms with Gasteiger partial charge in [0.15, 0.2) is 0 Å². The van der Waals surface area contributed by atoms with E-state index in [0.717, 1.165) is 38.0 Å². The molecule has 0 saturated carbocycles. The van der Waals surface area contributed by atoms with Crippen molar-refractivity contribution in [2.45, 2.75) is 19.3 Å². The van der Waals surface area contributed by atoms with Crippen molar-refractivity contribution in [3.63, 3.8) is 0 Å². The third kappa shape index (κ3) is 3.67. The Morgan fingerprint density at radius 2 is 2.24 bits per heavy atom. The molecule has 21 heavy (non-hydrogen) atoms. The highest BCUT2D eigenvalue weighted by atomic mass is 16.3. The van der Waals surface area contributed by atoms with Crippen LogP contribution in [0.5, 0.6) is 0 Å². The number of hydrogen-bond donors (Lipinski definition) is 2. The van der Waals surface area contributed by atoms with Crippen LogP contribution in [-0.2, 0) is 0 Å². The predicted octanol–water partition coefficient (Wildman–Crippen LogP) is 1.57. The van der Waals surface area contributed by atoms with Crippen LogP contribution in [-0.4, -0.2) is 49.7 Å². The Morgan fingerprint density at radius 1 is 1.48 bits per heavy atom. The van der Waals surface area contributed by atoms with E-state index in [9.17, 15) is 4.79 Å². The van der Waals surface area contributed by atoms with E-state index in [0.29, 0.717) is 17.2 Å². The zero-order valence-electron chi connectivity index (χ0n) is 12.9. The molecule has 1 unspecified atom stereocenters. The molecule has 1 aliphatic rings. The van der Waals surface area contributed by atoms with Gasteiger partial charge in [-0.25, -0.2) is 0 Å². The van der Waals surface area contributed by atoms with Gasteiger partial charge in [-0.05, 0) is 43.4 Å². The maximum absolute atomic E-state index is 12.8. The molecule has 5 nitrogen and oxygen atoms in total. The third-order valence-corrected chi connectivity index (χ3v) is 4.08. The van der Waals surface area contributed by atoms with Crippen LogP contribution in [0, 0.1) is 5.92 Å². The van der Waals surface area contributed by atoms with E-state index in [4.69, 9.17) is 10.8 Å². The van der Waals surface area contributed by atoms with Gasteiger partial charge in [0.05, 0.1) is 5.56 Å². The number of rotatable bonds is 4. The fraction of sp³-hybridized carbons (Fsp3) is 0.562. The highest BCUT2D eigenvalue weighted by Crippen LogP contribution is 2.26. The Kier molecular flexibility index (Phi) is 5.07. The first-order valence-electron chi connectivity index (χ1n) is 7.50. The van der Waals surface area contributed by atoms with Crippen molar-refractivity contribution in [3.8, 4) is 0 Å². The van der Waals surface area contributed by atoms with Crippen LogP contribution in [0.25, 0.3) is 0 Å².